The normalized spacial score (nSPS) is 12.0. The monoisotopic (exact) mass is 417 g/mol. The van der Waals surface area contributed by atoms with Gasteiger partial charge in [0.2, 0.25) is 17.6 Å². The molecule has 0 radical (unpaired) electrons. The van der Waals surface area contributed by atoms with Crippen molar-refractivity contribution in [3.63, 3.8) is 0 Å². The molecule has 0 bridgehead atoms. The molecule has 0 aliphatic carbocycles. The van der Waals surface area contributed by atoms with Crippen molar-refractivity contribution in [2.75, 3.05) is 0 Å². The fraction of sp³-hybridized carbons (Fsp3) is 0.286. The Hall–Kier alpha value is -2.37. The van der Waals surface area contributed by atoms with Crippen molar-refractivity contribution in [2.24, 2.45) is 0 Å². The predicted octanol–water partition coefficient (Wildman–Crippen LogP) is 5.63. The summed E-state index contributed by atoms with van der Waals surface area (Å²) in [7, 11) is 0. The number of nitrogens with zero attached hydrogens (tertiary/aromatic N) is 2. The lowest BCUT2D eigenvalue weighted by Crippen LogP contribution is -2.27. The molecule has 1 atom stereocenters. The van der Waals surface area contributed by atoms with Crippen LogP contribution >= 0.6 is 23.2 Å². The second-order valence-electron chi connectivity index (χ2n) is 6.45. The van der Waals surface area contributed by atoms with E-state index in [-0.39, 0.29) is 11.9 Å². The third kappa shape index (κ3) is 5.57. The number of benzene rings is 2. The highest BCUT2D eigenvalue weighted by atomic mass is 35.5. The summed E-state index contributed by atoms with van der Waals surface area (Å²) in [5, 5.41) is 8.38. The van der Waals surface area contributed by atoms with Crippen LogP contribution in [0, 0.1) is 0 Å². The predicted molar refractivity (Wildman–Crippen MR) is 110 cm³/mol. The first-order chi connectivity index (χ1) is 13.5. The second-order valence-corrected chi connectivity index (χ2v) is 7.32. The zero-order valence-corrected chi connectivity index (χ0v) is 17.0. The zero-order chi connectivity index (χ0) is 19.9. The maximum absolute atomic E-state index is 12.3. The van der Waals surface area contributed by atoms with Gasteiger partial charge < -0.3 is 9.84 Å². The minimum atomic E-state index is -0.0234. The number of halogens is 2. The molecule has 5 nitrogen and oxygen atoms in total. The Morgan fingerprint density at radius 3 is 2.36 bits per heavy atom. The number of carbonyl (C=O) groups is 1. The molecule has 1 amide bonds. The molecule has 0 saturated heterocycles. The van der Waals surface area contributed by atoms with Crippen molar-refractivity contribution < 1.29 is 9.32 Å². The van der Waals surface area contributed by atoms with Crippen LogP contribution in [0.4, 0.5) is 0 Å². The van der Waals surface area contributed by atoms with Crippen molar-refractivity contribution in [1.82, 2.24) is 15.5 Å². The molecule has 0 saturated carbocycles. The number of rotatable bonds is 8. The fourth-order valence-corrected chi connectivity index (χ4v) is 3.11. The van der Waals surface area contributed by atoms with Crippen LogP contribution in [0.1, 0.15) is 43.7 Å². The molecule has 0 aliphatic rings. The highest BCUT2D eigenvalue weighted by Gasteiger charge is 2.14. The molecular formula is C21H21Cl2N3O2. The van der Waals surface area contributed by atoms with E-state index < -0.39 is 0 Å². The van der Waals surface area contributed by atoms with E-state index in [0.29, 0.717) is 41.0 Å². The van der Waals surface area contributed by atoms with E-state index in [0.717, 1.165) is 17.5 Å². The van der Waals surface area contributed by atoms with Gasteiger partial charge in [-0.25, -0.2) is 0 Å². The maximum atomic E-state index is 12.3. The molecule has 1 N–H and O–H groups in total. The number of hydrogen-bond donors (Lipinski definition) is 1. The second kappa shape index (κ2) is 9.71. The van der Waals surface area contributed by atoms with Gasteiger partial charge in [-0.05, 0) is 54.8 Å². The summed E-state index contributed by atoms with van der Waals surface area (Å²) in [4.78, 5) is 16.7. The van der Waals surface area contributed by atoms with Crippen LogP contribution in [0.3, 0.4) is 0 Å². The SMILES string of the molecule is CCC(NC(=O)CCCc1nc(-c2ccc(Cl)cc2)no1)c1ccc(Cl)cc1. The van der Waals surface area contributed by atoms with Gasteiger partial charge in [0.25, 0.3) is 0 Å². The van der Waals surface area contributed by atoms with E-state index in [2.05, 4.69) is 15.5 Å². The Kier molecular flexibility index (Phi) is 7.06. The number of nitrogens with one attached hydrogen (secondary N) is 1. The molecule has 3 aromatic rings. The average Bonchev–Trinajstić information content (AvgIpc) is 3.16. The summed E-state index contributed by atoms with van der Waals surface area (Å²) in [6.07, 6.45) is 2.38. The Labute approximate surface area is 174 Å². The Morgan fingerprint density at radius 2 is 1.71 bits per heavy atom. The van der Waals surface area contributed by atoms with Gasteiger partial charge in [0.15, 0.2) is 0 Å². The van der Waals surface area contributed by atoms with Crippen LogP contribution < -0.4 is 5.32 Å². The fourth-order valence-electron chi connectivity index (χ4n) is 2.86. The van der Waals surface area contributed by atoms with Crippen LogP contribution in [0.25, 0.3) is 11.4 Å². The third-order valence-electron chi connectivity index (χ3n) is 4.38. The Bertz CT molecular complexity index is 908. The number of aryl methyl sites for hydroxylation is 1. The van der Waals surface area contributed by atoms with Crippen LogP contribution in [0.2, 0.25) is 10.0 Å². The number of amides is 1. The topological polar surface area (TPSA) is 68.0 Å². The van der Waals surface area contributed by atoms with E-state index in [4.69, 9.17) is 27.7 Å². The van der Waals surface area contributed by atoms with Crippen molar-refractivity contribution in [1.29, 1.82) is 0 Å². The quantitative estimate of drug-likeness (QED) is 0.515. The molecule has 28 heavy (non-hydrogen) atoms. The van der Waals surface area contributed by atoms with E-state index in [1.165, 1.54) is 0 Å². The summed E-state index contributed by atoms with van der Waals surface area (Å²) in [5.41, 5.74) is 1.88. The van der Waals surface area contributed by atoms with Crippen molar-refractivity contribution >= 4 is 29.1 Å². The molecule has 2 aromatic carbocycles. The summed E-state index contributed by atoms with van der Waals surface area (Å²) in [5.74, 6) is 1.03. The highest BCUT2D eigenvalue weighted by molar-refractivity contribution is 6.30. The summed E-state index contributed by atoms with van der Waals surface area (Å²) in [6, 6.07) is 14.8. The van der Waals surface area contributed by atoms with Gasteiger partial charge in [-0.3, -0.25) is 4.79 Å². The Morgan fingerprint density at radius 1 is 1.07 bits per heavy atom. The molecule has 0 fully saturated rings. The van der Waals surface area contributed by atoms with Gasteiger partial charge in [0, 0.05) is 28.5 Å². The van der Waals surface area contributed by atoms with Gasteiger partial charge >= 0.3 is 0 Å². The smallest absolute Gasteiger partial charge is 0.226 e. The lowest BCUT2D eigenvalue weighted by atomic mass is 10.0. The van der Waals surface area contributed by atoms with E-state index >= 15 is 0 Å². The number of hydrogen-bond acceptors (Lipinski definition) is 4. The van der Waals surface area contributed by atoms with E-state index in [9.17, 15) is 4.79 Å². The molecule has 7 heteroatoms. The van der Waals surface area contributed by atoms with Crippen molar-refractivity contribution in [3.8, 4) is 11.4 Å². The molecule has 0 spiro atoms. The van der Waals surface area contributed by atoms with Crippen LogP contribution in [0.5, 0.6) is 0 Å². The number of carbonyl (C=O) groups excluding carboxylic acids is 1. The highest BCUT2D eigenvalue weighted by Crippen LogP contribution is 2.20. The maximum Gasteiger partial charge on any atom is 0.226 e. The molecule has 146 valence electrons. The van der Waals surface area contributed by atoms with Gasteiger partial charge in [0.1, 0.15) is 0 Å². The largest absolute Gasteiger partial charge is 0.349 e. The van der Waals surface area contributed by atoms with Crippen LogP contribution in [-0.2, 0) is 11.2 Å². The average molecular weight is 418 g/mol. The summed E-state index contributed by atoms with van der Waals surface area (Å²) < 4.78 is 5.28. The first-order valence-corrected chi connectivity index (χ1v) is 9.94. The third-order valence-corrected chi connectivity index (χ3v) is 4.88. The Balaban J connectivity index is 1.48. The van der Waals surface area contributed by atoms with Gasteiger partial charge in [-0.15, -0.1) is 0 Å². The molecule has 3 rings (SSSR count). The van der Waals surface area contributed by atoms with Crippen molar-refractivity contribution in [3.05, 3.63) is 70.0 Å². The molecular weight excluding hydrogens is 397 g/mol. The summed E-state index contributed by atoms with van der Waals surface area (Å²) >= 11 is 11.8. The van der Waals surface area contributed by atoms with Crippen LogP contribution in [-0.4, -0.2) is 16.0 Å². The van der Waals surface area contributed by atoms with Gasteiger partial charge in [-0.2, -0.15) is 4.98 Å². The summed E-state index contributed by atoms with van der Waals surface area (Å²) in [6.45, 7) is 2.04. The minimum Gasteiger partial charge on any atom is -0.349 e. The minimum absolute atomic E-state index is 0.000704. The first kappa shape index (κ1) is 20.4. The molecule has 1 aromatic heterocycles. The zero-order valence-electron chi connectivity index (χ0n) is 15.5. The first-order valence-electron chi connectivity index (χ1n) is 9.18. The standard InChI is InChI=1S/C21H21Cl2N3O2/c1-2-18(14-6-10-16(22)11-7-14)24-19(27)4-3-5-20-25-21(26-28-20)15-8-12-17(23)13-9-15/h6-13,18H,2-5H2,1H3,(H,24,27). The number of aromatic nitrogens is 2. The van der Waals surface area contributed by atoms with Gasteiger partial charge in [-0.1, -0.05) is 47.4 Å². The van der Waals surface area contributed by atoms with E-state index in [1.807, 2.05) is 43.3 Å². The van der Waals surface area contributed by atoms with E-state index in [1.54, 1.807) is 12.1 Å². The van der Waals surface area contributed by atoms with Crippen molar-refractivity contribution in [2.45, 2.75) is 38.6 Å². The lowest BCUT2D eigenvalue weighted by Gasteiger charge is -2.17. The molecule has 1 unspecified atom stereocenters. The lowest BCUT2D eigenvalue weighted by molar-refractivity contribution is -0.122. The van der Waals surface area contributed by atoms with Crippen LogP contribution in [0.15, 0.2) is 53.1 Å². The molecule has 1 heterocycles. The molecule has 0 aliphatic heterocycles. The van der Waals surface area contributed by atoms with Gasteiger partial charge in [0.05, 0.1) is 6.04 Å².